The SMILES string of the molecule is CC(C)(C)OC(=O)NCC(=O)N1C[C@@H]2C[C@H]1CN2CCOc1ccc(Oc2nc3ccccc3s2)cc1. The van der Waals surface area contributed by atoms with Gasteiger partial charge in [-0.3, -0.25) is 9.69 Å². The van der Waals surface area contributed by atoms with E-state index in [0.717, 1.165) is 35.5 Å². The van der Waals surface area contributed by atoms with E-state index in [9.17, 15) is 9.59 Å². The summed E-state index contributed by atoms with van der Waals surface area (Å²) in [5.41, 5.74) is 0.345. The number of aromatic nitrogens is 1. The third kappa shape index (κ3) is 6.31. The first-order valence-electron chi connectivity index (χ1n) is 12.5. The average molecular weight is 525 g/mol. The standard InChI is InChI=1S/C27H32N4O5S/c1-27(2,3)36-25(33)28-15-24(32)31-17-18-14-19(31)16-30(18)12-13-34-20-8-10-21(11-9-20)35-26-29-22-6-4-5-7-23(22)37-26/h4-11,18-19H,12-17H2,1-3H3,(H,28,33)/t18-,19-/m0/s1. The molecule has 0 radical (unpaired) electrons. The fraction of sp³-hybridized carbons (Fsp3) is 0.444. The van der Waals surface area contributed by atoms with Gasteiger partial charge in [0, 0.05) is 31.7 Å². The molecule has 2 aliphatic heterocycles. The third-order valence-electron chi connectivity index (χ3n) is 6.41. The second-order valence-electron chi connectivity index (χ2n) is 10.3. The van der Waals surface area contributed by atoms with Crippen molar-refractivity contribution in [2.24, 2.45) is 0 Å². The van der Waals surface area contributed by atoms with E-state index in [1.165, 1.54) is 11.3 Å². The molecule has 0 aliphatic carbocycles. The Morgan fingerprint density at radius 3 is 2.51 bits per heavy atom. The minimum Gasteiger partial charge on any atom is -0.492 e. The van der Waals surface area contributed by atoms with Crippen LogP contribution in [0.15, 0.2) is 48.5 Å². The summed E-state index contributed by atoms with van der Waals surface area (Å²) in [5.74, 6) is 1.43. The minimum atomic E-state index is -0.588. The van der Waals surface area contributed by atoms with Crippen molar-refractivity contribution in [3.63, 3.8) is 0 Å². The summed E-state index contributed by atoms with van der Waals surface area (Å²) < 4.78 is 18.2. The second-order valence-corrected chi connectivity index (χ2v) is 11.3. The highest BCUT2D eigenvalue weighted by molar-refractivity contribution is 7.20. The zero-order chi connectivity index (χ0) is 26.0. The van der Waals surface area contributed by atoms with E-state index in [-0.39, 0.29) is 18.5 Å². The smallest absolute Gasteiger partial charge is 0.408 e. The van der Waals surface area contributed by atoms with Crippen molar-refractivity contribution in [1.82, 2.24) is 20.1 Å². The van der Waals surface area contributed by atoms with Crippen molar-refractivity contribution in [1.29, 1.82) is 0 Å². The minimum absolute atomic E-state index is 0.0417. The number of piperazine rings is 1. The number of hydrogen-bond donors (Lipinski definition) is 1. The summed E-state index contributed by atoms with van der Waals surface area (Å²) in [6, 6.07) is 16.0. The number of alkyl carbamates (subject to hydrolysis) is 1. The Bertz CT molecular complexity index is 1220. The van der Waals surface area contributed by atoms with E-state index in [1.807, 2.05) is 53.4 Å². The Balaban J connectivity index is 1.03. The molecule has 3 aromatic rings. The van der Waals surface area contributed by atoms with E-state index in [2.05, 4.69) is 15.2 Å². The maximum absolute atomic E-state index is 12.6. The summed E-state index contributed by atoms with van der Waals surface area (Å²) in [7, 11) is 0. The lowest BCUT2D eigenvalue weighted by molar-refractivity contribution is -0.132. The number of likely N-dealkylation sites (tertiary alicyclic amines) is 2. The lowest BCUT2D eigenvalue weighted by Crippen LogP contribution is -2.52. The Kier molecular flexibility index (Phi) is 7.21. The maximum Gasteiger partial charge on any atom is 0.408 e. The lowest BCUT2D eigenvalue weighted by Gasteiger charge is -2.34. The van der Waals surface area contributed by atoms with Crippen LogP contribution in [-0.2, 0) is 9.53 Å². The van der Waals surface area contributed by atoms with Gasteiger partial charge < -0.3 is 24.4 Å². The van der Waals surface area contributed by atoms with Gasteiger partial charge in [0.15, 0.2) is 0 Å². The predicted molar refractivity (Wildman–Crippen MR) is 141 cm³/mol. The topological polar surface area (TPSA) is 93.2 Å². The molecule has 0 saturated carbocycles. The van der Waals surface area contributed by atoms with Crippen LogP contribution in [0.4, 0.5) is 4.79 Å². The Morgan fingerprint density at radius 2 is 1.81 bits per heavy atom. The normalized spacial score (nSPS) is 19.3. The molecule has 3 heterocycles. The van der Waals surface area contributed by atoms with Crippen LogP contribution in [0, 0.1) is 0 Å². The fourth-order valence-corrected chi connectivity index (χ4v) is 5.61. The number of nitrogens with zero attached hydrogens (tertiary/aromatic N) is 3. The Morgan fingerprint density at radius 1 is 1.05 bits per heavy atom. The van der Waals surface area contributed by atoms with Gasteiger partial charge in [0.25, 0.3) is 5.19 Å². The summed E-state index contributed by atoms with van der Waals surface area (Å²) in [6.45, 7) is 8.19. The zero-order valence-electron chi connectivity index (χ0n) is 21.3. The molecule has 2 aliphatic rings. The monoisotopic (exact) mass is 524 g/mol. The number of hydrogen-bond acceptors (Lipinski definition) is 8. The van der Waals surface area contributed by atoms with Crippen LogP contribution in [0.25, 0.3) is 10.2 Å². The highest BCUT2D eigenvalue weighted by Gasteiger charge is 2.44. The molecule has 1 aromatic heterocycles. The number of fused-ring (bicyclic) bond motifs is 3. The van der Waals surface area contributed by atoms with Crippen LogP contribution >= 0.6 is 11.3 Å². The van der Waals surface area contributed by atoms with E-state index in [1.54, 1.807) is 20.8 Å². The molecule has 9 nitrogen and oxygen atoms in total. The predicted octanol–water partition coefficient (Wildman–Crippen LogP) is 4.28. The molecular formula is C27H32N4O5S. The highest BCUT2D eigenvalue weighted by atomic mass is 32.1. The Hall–Kier alpha value is -3.37. The first-order valence-corrected chi connectivity index (χ1v) is 13.3. The molecule has 0 spiro atoms. The highest BCUT2D eigenvalue weighted by Crippen LogP contribution is 2.32. The first kappa shape index (κ1) is 25.3. The van der Waals surface area contributed by atoms with Crippen LogP contribution in [-0.4, -0.2) is 77.3 Å². The number of carbonyl (C=O) groups is 2. The summed E-state index contributed by atoms with van der Waals surface area (Å²) in [5, 5.41) is 3.18. The number of carbonyl (C=O) groups excluding carboxylic acids is 2. The lowest BCUT2D eigenvalue weighted by atomic mass is 10.2. The molecule has 0 unspecified atom stereocenters. The average Bonchev–Trinajstić information content (AvgIpc) is 3.56. The molecular weight excluding hydrogens is 492 g/mol. The van der Waals surface area contributed by atoms with Crippen molar-refractivity contribution < 1.29 is 23.8 Å². The van der Waals surface area contributed by atoms with Gasteiger partial charge in [-0.25, -0.2) is 9.78 Å². The number of para-hydroxylation sites is 1. The van der Waals surface area contributed by atoms with Crippen LogP contribution in [0.5, 0.6) is 16.7 Å². The number of rotatable bonds is 8. The molecule has 2 saturated heterocycles. The van der Waals surface area contributed by atoms with Gasteiger partial charge in [-0.15, -0.1) is 0 Å². The number of ether oxygens (including phenoxy) is 3. The molecule has 5 rings (SSSR count). The van der Waals surface area contributed by atoms with E-state index in [4.69, 9.17) is 14.2 Å². The Labute approximate surface area is 220 Å². The van der Waals surface area contributed by atoms with Gasteiger partial charge >= 0.3 is 6.09 Å². The van der Waals surface area contributed by atoms with Crippen molar-refractivity contribution in [2.45, 2.75) is 44.9 Å². The second kappa shape index (κ2) is 10.5. The van der Waals surface area contributed by atoms with Crippen LogP contribution in [0.3, 0.4) is 0 Å². The summed E-state index contributed by atoms with van der Waals surface area (Å²) in [6.07, 6.45) is 0.385. The van der Waals surface area contributed by atoms with E-state index in [0.29, 0.717) is 30.1 Å². The molecule has 10 heteroatoms. The molecule has 196 valence electrons. The molecule has 2 bridgehead atoms. The molecule has 2 amide bonds. The summed E-state index contributed by atoms with van der Waals surface area (Å²) in [4.78, 5) is 33.2. The number of nitrogens with one attached hydrogen (secondary N) is 1. The van der Waals surface area contributed by atoms with Gasteiger partial charge in [0.2, 0.25) is 5.91 Å². The van der Waals surface area contributed by atoms with Gasteiger partial charge in [0.05, 0.1) is 10.2 Å². The molecule has 2 aromatic carbocycles. The van der Waals surface area contributed by atoms with E-state index < -0.39 is 11.7 Å². The van der Waals surface area contributed by atoms with Crippen LogP contribution in [0.2, 0.25) is 0 Å². The zero-order valence-corrected chi connectivity index (χ0v) is 22.1. The number of thiazole rings is 1. The number of amides is 2. The maximum atomic E-state index is 12.6. The van der Waals surface area contributed by atoms with E-state index >= 15 is 0 Å². The van der Waals surface area contributed by atoms with Crippen LogP contribution < -0.4 is 14.8 Å². The van der Waals surface area contributed by atoms with Gasteiger partial charge in [0.1, 0.15) is 30.3 Å². The molecule has 2 fully saturated rings. The van der Waals surface area contributed by atoms with Gasteiger partial charge in [-0.05, 0) is 63.6 Å². The molecule has 2 atom stereocenters. The number of benzene rings is 2. The molecule has 37 heavy (non-hydrogen) atoms. The third-order valence-corrected chi connectivity index (χ3v) is 7.32. The van der Waals surface area contributed by atoms with Crippen molar-refractivity contribution >= 4 is 33.6 Å². The van der Waals surface area contributed by atoms with Gasteiger partial charge in [-0.1, -0.05) is 23.5 Å². The summed E-state index contributed by atoms with van der Waals surface area (Å²) >= 11 is 1.52. The van der Waals surface area contributed by atoms with Crippen LogP contribution in [0.1, 0.15) is 27.2 Å². The van der Waals surface area contributed by atoms with Crippen molar-refractivity contribution in [2.75, 3.05) is 32.8 Å². The largest absolute Gasteiger partial charge is 0.492 e. The molecule has 1 N–H and O–H groups in total. The quantitative estimate of drug-likeness (QED) is 0.470. The van der Waals surface area contributed by atoms with Crippen molar-refractivity contribution in [3.8, 4) is 16.7 Å². The van der Waals surface area contributed by atoms with Crippen molar-refractivity contribution in [3.05, 3.63) is 48.5 Å². The fourth-order valence-electron chi connectivity index (χ4n) is 4.77. The first-order chi connectivity index (χ1) is 17.7. The van der Waals surface area contributed by atoms with Gasteiger partial charge in [-0.2, -0.15) is 0 Å².